The maximum absolute atomic E-state index is 15.2. The molecule has 3 aromatic heterocycles. The molecule has 1 saturated heterocycles. The molecule has 4 heterocycles. The molecule has 1 aromatic carbocycles. The van der Waals surface area contributed by atoms with Crippen LogP contribution in [0.4, 0.5) is 17.6 Å². The largest absolute Gasteiger partial charge is 0.522 e. The Morgan fingerprint density at radius 2 is 1.83 bits per heavy atom. The summed E-state index contributed by atoms with van der Waals surface area (Å²) in [5.74, 6) is -0.483. The minimum atomic E-state index is -4.60. The van der Waals surface area contributed by atoms with Gasteiger partial charge >= 0.3 is 12.1 Å². The summed E-state index contributed by atoms with van der Waals surface area (Å²) in [7, 11) is 1.63. The smallest absolute Gasteiger partial charge is 0.371 e. The van der Waals surface area contributed by atoms with Crippen molar-refractivity contribution in [3.8, 4) is 11.1 Å². The van der Waals surface area contributed by atoms with Crippen molar-refractivity contribution in [2.24, 2.45) is 7.05 Å². The number of ether oxygens (including phenoxy) is 2. The number of imidazole rings is 1. The first-order valence-electron chi connectivity index (χ1n) is 13.5. The highest BCUT2D eigenvalue weighted by Crippen LogP contribution is 2.31. The van der Waals surface area contributed by atoms with Gasteiger partial charge in [0.05, 0.1) is 30.0 Å². The number of aromatic nitrogens is 5. The standard InChI is InChI=1S/C28H32F4N6O3/c1-16(2)38-25-21-13-20(22(29)14-24(21)34-35-26(25)36(4)27(38)39)18-5-6-23(33-15-18)17(3)40-12-11-37-9-7-19(8-10-37)41-28(30,31)32/h5-6,13-17,19H,7-12H2,1-4H3/t17-/m1/s1. The first-order valence-corrected chi connectivity index (χ1v) is 13.5. The molecule has 0 spiro atoms. The number of likely N-dealkylation sites (tertiary alicyclic amines) is 1. The fourth-order valence-electron chi connectivity index (χ4n) is 5.30. The lowest BCUT2D eigenvalue weighted by Gasteiger charge is -2.32. The van der Waals surface area contributed by atoms with E-state index in [1.54, 1.807) is 36.0 Å². The van der Waals surface area contributed by atoms with Crippen molar-refractivity contribution in [2.45, 2.75) is 58.2 Å². The molecule has 9 nitrogen and oxygen atoms in total. The molecule has 0 aliphatic carbocycles. The molecule has 41 heavy (non-hydrogen) atoms. The van der Waals surface area contributed by atoms with Crippen LogP contribution in [0, 0.1) is 5.82 Å². The predicted molar refractivity (Wildman–Crippen MR) is 145 cm³/mol. The fraction of sp³-hybridized carbons (Fsp3) is 0.500. The molecule has 0 bridgehead atoms. The van der Waals surface area contributed by atoms with Crippen LogP contribution in [0.5, 0.6) is 0 Å². The number of pyridine rings is 1. The molecule has 1 fully saturated rings. The van der Waals surface area contributed by atoms with Gasteiger partial charge in [-0.15, -0.1) is 23.4 Å². The molecule has 0 N–H and O–H groups in total. The number of halogens is 4. The summed E-state index contributed by atoms with van der Waals surface area (Å²) in [5, 5.41) is 8.93. The third kappa shape index (κ3) is 6.11. The van der Waals surface area contributed by atoms with Gasteiger partial charge in [-0.05, 0) is 45.7 Å². The van der Waals surface area contributed by atoms with Crippen molar-refractivity contribution in [1.82, 2.24) is 29.2 Å². The predicted octanol–water partition coefficient (Wildman–Crippen LogP) is 5.14. The van der Waals surface area contributed by atoms with Crippen LogP contribution in [0.25, 0.3) is 33.2 Å². The van der Waals surface area contributed by atoms with Crippen LogP contribution in [0.2, 0.25) is 0 Å². The normalized spacial score (nSPS) is 16.3. The molecule has 5 rings (SSSR count). The van der Waals surface area contributed by atoms with E-state index in [-0.39, 0.29) is 17.8 Å². The van der Waals surface area contributed by atoms with Crippen molar-refractivity contribution in [3.05, 3.63) is 52.5 Å². The number of nitrogens with zero attached hydrogens (tertiary/aromatic N) is 6. The van der Waals surface area contributed by atoms with Crippen LogP contribution in [-0.2, 0) is 16.5 Å². The van der Waals surface area contributed by atoms with Crippen LogP contribution < -0.4 is 5.69 Å². The number of benzene rings is 1. The highest BCUT2D eigenvalue weighted by Gasteiger charge is 2.35. The second kappa shape index (κ2) is 11.5. The maximum Gasteiger partial charge on any atom is 0.522 e. The van der Waals surface area contributed by atoms with E-state index in [0.717, 1.165) is 0 Å². The highest BCUT2D eigenvalue weighted by molar-refractivity contribution is 6.02. The summed E-state index contributed by atoms with van der Waals surface area (Å²) >= 11 is 0. The first-order chi connectivity index (χ1) is 19.4. The molecular formula is C28H32F4N6O3. The molecule has 4 aromatic rings. The van der Waals surface area contributed by atoms with Gasteiger partial charge in [0.15, 0.2) is 5.65 Å². The second-order valence-electron chi connectivity index (χ2n) is 10.6. The molecule has 13 heteroatoms. The van der Waals surface area contributed by atoms with E-state index in [2.05, 4.69) is 24.8 Å². The molecule has 0 radical (unpaired) electrons. The third-order valence-electron chi connectivity index (χ3n) is 7.50. The Hall–Kier alpha value is -3.42. The second-order valence-corrected chi connectivity index (χ2v) is 10.6. The van der Waals surface area contributed by atoms with Gasteiger partial charge in [-0.3, -0.25) is 18.9 Å². The Labute approximate surface area is 233 Å². The number of hydrogen-bond donors (Lipinski definition) is 0. The van der Waals surface area contributed by atoms with E-state index < -0.39 is 18.3 Å². The number of aryl methyl sites for hydroxylation is 1. The van der Waals surface area contributed by atoms with Gasteiger partial charge in [0.2, 0.25) is 0 Å². The van der Waals surface area contributed by atoms with Crippen LogP contribution in [0.1, 0.15) is 51.5 Å². The fourth-order valence-corrected chi connectivity index (χ4v) is 5.30. The van der Waals surface area contributed by atoms with Crippen molar-refractivity contribution < 1.29 is 27.0 Å². The monoisotopic (exact) mass is 576 g/mol. The zero-order valence-corrected chi connectivity index (χ0v) is 23.3. The summed E-state index contributed by atoms with van der Waals surface area (Å²) in [6, 6.07) is 6.40. The Morgan fingerprint density at radius 3 is 2.46 bits per heavy atom. The van der Waals surface area contributed by atoms with Gasteiger partial charge in [-0.2, -0.15) is 0 Å². The van der Waals surface area contributed by atoms with Gasteiger partial charge in [-0.25, -0.2) is 9.18 Å². The van der Waals surface area contributed by atoms with Crippen molar-refractivity contribution in [2.75, 3.05) is 26.2 Å². The number of hydrogen-bond acceptors (Lipinski definition) is 7. The zero-order valence-electron chi connectivity index (χ0n) is 23.3. The zero-order chi connectivity index (χ0) is 29.5. The molecule has 0 unspecified atom stereocenters. The highest BCUT2D eigenvalue weighted by atomic mass is 19.4. The lowest BCUT2D eigenvalue weighted by molar-refractivity contribution is -0.345. The van der Waals surface area contributed by atoms with Crippen LogP contribution in [-0.4, -0.2) is 67.9 Å². The molecule has 0 saturated carbocycles. The lowest BCUT2D eigenvalue weighted by Crippen LogP contribution is -2.40. The van der Waals surface area contributed by atoms with Crippen LogP contribution in [0.3, 0.4) is 0 Å². The Balaban J connectivity index is 1.27. The van der Waals surface area contributed by atoms with E-state index in [4.69, 9.17) is 4.74 Å². The Morgan fingerprint density at radius 1 is 1.10 bits per heavy atom. The minimum Gasteiger partial charge on any atom is -0.371 e. The molecular weight excluding hydrogens is 544 g/mol. The first kappa shape index (κ1) is 29.1. The number of rotatable bonds is 8. The Kier molecular flexibility index (Phi) is 8.13. The number of piperidine rings is 1. The molecule has 220 valence electrons. The maximum atomic E-state index is 15.2. The van der Waals surface area contributed by atoms with Crippen LogP contribution in [0.15, 0.2) is 35.3 Å². The molecule has 1 aliphatic heterocycles. The van der Waals surface area contributed by atoms with E-state index >= 15 is 4.39 Å². The van der Waals surface area contributed by atoms with Crippen molar-refractivity contribution in [1.29, 1.82) is 0 Å². The van der Waals surface area contributed by atoms with Gasteiger partial charge in [0.1, 0.15) is 11.3 Å². The summed E-state index contributed by atoms with van der Waals surface area (Å²) in [4.78, 5) is 19.4. The van der Waals surface area contributed by atoms with Gasteiger partial charge < -0.3 is 9.64 Å². The summed E-state index contributed by atoms with van der Waals surface area (Å²) < 4.78 is 65.5. The van der Waals surface area contributed by atoms with Crippen molar-refractivity contribution in [3.63, 3.8) is 0 Å². The van der Waals surface area contributed by atoms with Crippen molar-refractivity contribution >= 4 is 22.1 Å². The molecule has 0 amide bonds. The summed E-state index contributed by atoms with van der Waals surface area (Å²) in [5.41, 5.74) is 2.70. The van der Waals surface area contributed by atoms with E-state index in [9.17, 15) is 18.0 Å². The summed E-state index contributed by atoms with van der Waals surface area (Å²) in [6.07, 6.45) is -3.51. The quantitative estimate of drug-likeness (QED) is 0.269. The average Bonchev–Trinajstić information content (AvgIpc) is 3.18. The number of fused-ring (bicyclic) bond motifs is 3. The van der Waals surface area contributed by atoms with E-state index in [0.29, 0.717) is 78.0 Å². The van der Waals surface area contributed by atoms with Gasteiger partial charge in [0.25, 0.3) is 0 Å². The number of alkyl halides is 3. The van der Waals surface area contributed by atoms with Gasteiger partial charge in [0, 0.05) is 61.5 Å². The van der Waals surface area contributed by atoms with Crippen LogP contribution >= 0.6 is 0 Å². The lowest BCUT2D eigenvalue weighted by atomic mass is 10.0. The van der Waals surface area contributed by atoms with Gasteiger partial charge in [-0.1, -0.05) is 6.07 Å². The van der Waals surface area contributed by atoms with E-state index in [1.165, 1.54) is 10.6 Å². The third-order valence-corrected chi connectivity index (χ3v) is 7.50. The SMILES string of the molecule is CC(C)n1c(=O)n(C)c2nnc3cc(F)c(-c4ccc([C@@H](C)OCCN5CCC(OC(F)(F)F)CC5)nc4)cc3c21. The van der Waals surface area contributed by atoms with E-state index in [1.807, 2.05) is 20.8 Å². The molecule has 1 aliphatic rings. The minimum absolute atomic E-state index is 0.134. The molecule has 1 atom stereocenters. The topological polar surface area (TPSA) is 87.3 Å². The Bertz CT molecular complexity index is 1590. The summed E-state index contributed by atoms with van der Waals surface area (Å²) in [6.45, 7) is 7.66. The average molecular weight is 577 g/mol.